The number of carbonyl (C=O) groups is 2. The fourth-order valence-corrected chi connectivity index (χ4v) is 7.05. The van der Waals surface area contributed by atoms with Gasteiger partial charge in [0.25, 0.3) is 0 Å². The van der Waals surface area contributed by atoms with E-state index in [1.54, 1.807) is 35.1 Å². The molecule has 2 aromatic heterocycles. The van der Waals surface area contributed by atoms with Gasteiger partial charge in [0, 0.05) is 29.0 Å². The third-order valence-electron chi connectivity index (χ3n) is 6.77. The zero-order valence-electron chi connectivity index (χ0n) is 22.2. The lowest BCUT2D eigenvalue weighted by molar-refractivity contribution is -0.123. The average molecular weight is 555 g/mol. The van der Waals surface area contributed by atoms with E-state index in [-0.39, 0.29) is 40.9 Å². The van der Waals surface area contributed by atoms with Crippen molar-refractivity contribution in [1.29, 1.82) is 0 Å². The molecule has 0 unspecified atom stereocenters. The van der Waals surface area contributed by atoms with Gasteiger partial charge in [-0.15, -0.1) is 23.1 Å². The second-order valence-corrected chi connectivity index (χ2v) is 12.6. The Morgan fingerprint density at radius 3 is 2.66 bits per heavy atom. The topological polar surface area (TPSA) is 85.7 Å². The Morgan fingerprint density at radius 2 is 2.03 bits per heavy atom. The van der Waals surface area contributed by atoms with Gasteiger partial charge in [0.2, 0.25) is 11.8 Å². The minimum atomic E-state index is -0.293. The number of hydrogen-bond donors (Lipinski definition) is 1. The minimum Gasteiger partial charge on any atom is -0.497 e. The second-order valence-electron chi connectivity index (χ2n) is 10.6. The summed E-state index contributed by atoms with van der Waals surface area (Å²) in [7, 11) is 1.63. The number of benzene rings is 1. The van der Waals surface area contributed by atoms with Crippen molar-refractivity contribution >= 4 is 40.7 Å². The van der Waals surface area contributed by atoms with Gasteiger partial charge in [0.05, 0.1) is 35.6 Å². The number of amides is 2. The number of nitrogens with one attached hydrogen (secondary N) is 1. The van der Waals surface area contributed by atoms with Gasteiger partial charge in [-0.25, -0.2) is 4.68 Å². The minimum absolute atomic E-state index is 0.0328. The van der Waals surface area contributed by atoms with Crippen molar-refractivity contribution in [3.8, 4) is 11.4 Å². The van der Waals surface area contributed by atoms with Crippen molar-refractivity contribution in [2.45, 2.75) is 50.4 Å². The zero-order chi connectivity index (χ0) is 26.9. The Labute approximate surface area is 231 Å². The van der Waals surface area contributed by atoms with Crippen molar-refractivity contribution in [1.82, 2.24) is 15.1 Å². The molecule has 2 aliphatic heterocycles. The number of thiophene rings is 1. The Hall–Kier alpha value is -2.82. The number of carbonyl (C=O) groups excluding carboxylic acids is 2. The van der Waals surface area contributed by atoms with Gasteiger partial charge in [0.1, 0.15) is 18.1 Å². The molecule has 5 rings (SSSR count). The number of thioether (sulfide) groups is 1. The highest BCUT2D eigenvalue weighted by Crippen LogP contribution is 2.49. The zero-order valence-corrected chi connectivity index (χ0v) is 23.9. The number of aromatic nitrogens is 2. The van der Waals surface area contributed by atoms with Gasteiger partial charge in [-0.1, -0.05) is 26.8 Å². The number of fused-ring (bicyclic) bond motifs is 1. The van der Waals surface area contributed by atoms with Crippen LogP contribution in [-0.4, -0.2) is 60.3 Å². The molecule has 0 spiro atoms. The number of nitrogens with zero attached hydrogens (tertiary/aromatic N) is 3. The van der Waals surface area contributed by atoms with E-state index in [2.05, 4.69) is 37.5 Å². The van der Waals surface area contributed by atoms with Crippen molar-refractivity contribution in [2.24, 2.45) is 0 Å². The van der Waals surface area contributed by atoms with Crippen LogP contribution in [0.15, 0.2) is 41.8 Å². The highest BCUT2D eigenvalue weighted by molar-refractivity contribution is 8.00. The predicted molar refractivity (Wildman–Crippen MR) is 152 cm³/mol. The van der Waals surface area contributed by atoms with Crippen LogP contribution in [0.2, 0.25) is 0 Å². The van der Waals surface area contributed by atoms with Crippen molar-refractivity contribution in [3.63, 3.8) is 0 Å². The first-order valence-corrected chi connectivity index (χ1v) is 14.8. The molecule has 0 aliphatic carbocycles. The number of hydrogen-bond acceptors (Lipinski definition) is 7. The molecule has 2 aliphatic rings. The summed E-state index contributed by atoms with van der Waals surface area (Å²) in [5.74, 6) is 1.33. The number of rotatable bonds is 7. The molecule has 1 aromatic carbocycles. The van der Waals surface area contributed by atoms with E-state index in [1.807, 2.05) is 35.0 Å². The summed E-state index contributed by atoms with van der Waals surface area (Å²) in [6.07, 6.45) is 1.98. The molecular formula is C28H34N4O4S2. The third-order valence-corrected chi connectivity index (χ3v) is 9.09. The maximum absolute atomic E-state index is 13.7. The first-order chi connectivity index (χ1) is 18.3. The van der Waals surface area contributed by atoms with Crippen molar-refractivity contribution in [3.05, 3.63) is 57.9 Å². The molecule has 10 heteroatoms. The van der Waals surface area contributed by atoms with Gasteiger partial charge in [0.15, 0.2) is 0 Å². The summed E-state index contributed by atoms with van der Waals surface area (Å²) >= 11 is 3.27. The molecule has 1 N–H and O–H groups in total. The molecule has 8 nitrogen and oxygen atoms in total. The predicted octanol–water partition coefficient (Wildman–Crippen LogP) is 4.70. The van der Waals surface area contributed by atoms with Crippen LogP contribution in [0.5, 0.6) is 5.75 Å². The number of methoxy groups -OCH3 is 1. The van der Waals surface area contributed by atoms with E-state index in [9.17, 15) is 9.59 Å². The molecule has 2 amide bonds. The van der Waals surface area contributed by atoms with Gasteiger partial charge >= 0.3 is 0 Å². The maximum Gasteiger partial charge on any atom is 0.240 e. The van der Waals surface area contributed by atoms with E-state index < -0.39 is 0 Å². The molecule has 1 saturated heterocycles. The monoisotopic (exact) mass is 554 g/mol. The molecule has 0 bridgehead atoms. The van der Waals surface area contributed by atoms with Gasteiger partial charge in [-0.05, 0) is 48.6 Å². The Morgan fingerprint density at radius 1 is 1.24 bits per heavy atom. The normalized spacial score (nSPS) is 19.8. The SMILES string of the molecule is COc1ccc(-n2nc(C(C)(C)C)c3c2N(CC(=O)NC[C@@H]2CCCO2)C(=O)CS[C@H]3c2cccs2)cc1. The summed E-state index contributed by atoms with van der Waals surface area (Å²) in [6.45, 7) is 7.50. The Kier molecular flexibility index (Phi) is 7.83. The summed E-state index contributed by atoms with van der Waals surface area (Å²) in [5, 5.41) is 10.1. The summed E-state index contributed by atoms with van der Waals surface area (Å²) in [5.41, 5.74) is 2.40. The van der Waals surface area contributed by atoms with Crippen molar-refractivity contribution < 1.29 is 19.1 Å². The second kappa shape index (κ2) is 11.1. The van der Waals surface area contributed by atoms with Gasteiger partial charge < -0.3 is 14.8 Å². The molecule has 2 atom stereocenters. The first kappa shape index (κ1) is 26.8. The van der Waals surface area contributed by atoms with E-state index in [0.29, 0.717) is 12.4 Å². The van der Waals surface area contributed by atoms with Crippen LogP contribution >= 0.6 is 23.1 Å². The quantitative estimate of drug-likeness (QED) is 0.456. The molecular weight excluding hydrogens is 520 g/mol. The van der Waals surface area contributed by atoms with E-state index in [0.717, 1.165) is 47.0 Å². The summed E-state index contributed by atoms with van der Waals surface area (Å²) in [4.78, 5) is 29.6. The molecule has 202 valence electrons. The van der Waals surface area contributed by atoms with Crippen LogP contribution < -0.4 is 15.0 Å². The van der Waals surface area contributed by atoms with Crippen LogP contribution in [0.1, 0.15) is 55.0 Å². The van der Waals surface area contributed by atoms with Crippen molar-refractivity contribution in [2.75, 3.05) is 37.5 Å². The molecule has 38 heavy (non-hydrogen) atoms. The highest BCUT2D eigenvalue weighted by atomic mass is 32.2. The van der Waals surface area contributed by atoms with Crippen LogP contribution in [-0.2, 0) is 19.7 Å². The molecule has 0 radical (unpaired) electrons. The molecule has 1 fully saturated rings. The largest absolute Gasteiger partial charge is 0.497 e. The first-order valence-electron chi connectivity index (χ1n) is 12.9. The number of anilines is 1. The average Bonchev–Trinajstić information content (AvgIpc) is 3.66. The molecule has 3 aromatic rings. The number of ether oxygens (including phenoxy) is 2. The standard InChI is InChI=1S/C28H34N4O4S2/c1-28(2,3)26-24-25(21-8-6-14-37-21)38-17-23(34)31(16-22(33)29-15-20-7-5-13-36-20)27(24)32(30-26)18-9-11-19(35-4)12-10-18/h6,8-12,14,20,25H,5,7,13,15-17H2,1-4H3,(H,29,33)/t20-,25-/m0/s1. The summed E-state index contributed by atoms with van der Waals surface area (Å²) in [6, 6.07) is 11.8. The van der Waals surface area contributed by atoms with Crippen LogP contribution in [0.4, 0.5) is 5.82 Å². The fraction of sp³-hybridized carbons (Fsp3) is 0.464. The molecule has 0 saturated carbocycles. The van der Waals surface area contributed by atoms with Gasteiger partial charge in [-0.2, -0.15) is 5.10 Å². The fourth-order valence-electron chi connectivity index (χ4n) is 4.87. The smallest absolute Gasteiger partial charge is 0.240 e. The Balaban J connectivity index is 1.62. The van der Waals surface area contributed by atoms with E-state index >= 15 is 0 Å². The van der Waals surface area contributed by atoms with Crippen LogP contribution in [0.3, 0.4) is 0 Å². The lowest BCUT2D eigenvalue weighted by Crippen LogP contribution is -2.44. The third kappa shape index (κ3) is 5.48. The Bertz CT molecular complexity index is 1280. The summed E-state index contributed by atoms with van der Waals surface area (Å²) < 4.78 is 12.9. The van der Waals surface area contributed by atoms with Crippen LogP contribution in [0.25, 0.3) is 5.69 Å². The maximum atomic E-state index is 13.7. The lowest BCUT2D eigenvalue weighted by Gasteiger charge is -2.24. The molecule has 4 heterocycles. The van der Waals surface area contributed by atoms with Crippen LogP contribution in [0, 0.1) is 0 Å². The lowest BCUT2D eigenvalue weighted by atomic mass is 9.88. The van der Waals surface area contributed by atoms with E-state index in [4.69, 9.17) is 14.6 Å². The van der Waals surface area contributed by atoms with E-state index in [1.165, 1.54) is 0 Å². The highest BCUT2D eigenvalue weighted by Gasteiger charge is 2.40. The van der Waals surface area contributed by atoms with Gasteiger partial charge in [-0.3, -0.25) is 14.5 Å².